The second-order valence-corrected chi connectivity index (χ2v) is 13.8. The molecular formula is C36H60N2O3S. The summed E-state index contributed by atoms with van der Waals surface area (Å²) < 4.78 is 0. The summed E-state index contributed by atoms with van der Waals surface area (Å²) in [5.74, 6) is 0.243. The zero-order valence-corrected chi connectivity index (χ0v) is 29.5. The molecule has 0 saturated carbocycles. The average molecular weight is 601 g/mol. The van der Waals surface area contributed by atoms with E-state index >= 15 is 0 Å². The molecule has 1 aromatic rings. The van der Waals surface area contributed by atoms with E-state index in [4.69, 9.17) is 0 Å². The molecule has 5 nitrogen and oxygen atoms in total. The van der Waals surface area contributed by atoms with Crippen molar-refractivity contribution in [2.24, 2.45) is 17.3 Å². The van der Waals surface area contributed by atoms with Gasteiger partial charge in [-0.25, -0.2) is 0 Å². The van der Waals surface area contributed by atoms with Crippen LogP contribution >= 0.6 is 11.8 Å². The van der Waals surface area contributed by atoms with Gasteiger partial charge in [0.1, 0.15) is 0 Å². The van der Waals surface area contributed by atoms with E-state index in [1.54, 1.807) is 11.8 Å². The fourth-order valence-corrected chi connectivity index (χ4v) is 4.97. The quantitative estimate of drug-likeness (QED) is 0.210. The number of thioether (sulfide) groups is 1. The van der Waals surface area contributed by atoms with Gasteiger partial charge in [0, 0.05) is 29.7 Å². The summed E-state index contributed by atoms with van der Waals surface area (Å²) in [6.45, 7) is 25.0. The van der Waals surface area contributed by atoms with E-state index in [0.717, 1.165) is 37.7 Å². The SMILES string of the molecule is CCCC(=O)C(NC(=O)C(C)C)C(C)(C)C.CCCCC(C)C(=O)NCc1ccc(C(SC=C(C)CC)=C(C)C)cc1. The summed E-state index contributed by atoms with van der Waals surface area (Å²) in [5.41, 5.74) is 4.87. The number of benzene rings is 1. The molecule has 0 bridgehead atoms. The Morgan fingerprint density at radius 2 is 1.50 bits per heavy atom. The maximum absolute atomic E-state index is 12.1. The van der Waals surface area contributed by atoms with Crippen molar-refractivity contribution in [1.29, 1.82) is 0 Å². The van der Waals surface area contributed by atoms with Crippen molar-refractivity contribution in [2.45, 2.75) is 134 Å². The molecule has 2 atom stereocenters. The van der Waals surface area contributed by atoms with Gasteiger partial charge in [0.25, 0.3) is 0 Å². The normalized spacial score (nSPS) is 13.0. The lowest BCUT2D eigenvalue weighted by Crippen LogP contribution is -2.50. The molecule has 1 rings (SSSR count). The Kier molecular flexibility index (Phi) is 19.4. The third-order valence-corrected chi connectivity index (χ3v) is 8.41. The number of Topliss-reactive ketones (excluding diaryl/α,β-unsaturated/α-hetero) is 1. The zero-order chi connectivity index (χ0) is 32.5. The smallest absolute Gasteiger partial charge is 0.223 e. The number of amides is 2. The lowest BCUT2D eigenvalue weighted by Gasteiger charge is -2.30. The van der Waals surface area contributed by atoms with Gasteiger partial charge in [-0.05, 0) is 62.0 Å². The summed E-state index contributed by atoms with van der Waals surface area (Å²) >= 11 is 1.80. The predicted molar refractivity (Wildman–Crippen MR) is 183 cm³/mol. The van der Waals surface area contributed by atoms with Gasteiger partial charge in [-0.2, -0.15) is 0 Å². The predicted octanol–water partition coefficient (Wildman–Crippen LogP) is 9.47. The first kappa shape index (κ1) is 39.7. The van der Waals surface area contributed by atoms with E-state index < -0.39 is 0 Å². The molecule has 2 unspecified atom stereocenters. The van der Waals surface area contributed by atoms with E-state index in [-0.39, 0.29) is 40.9 Å². The highest BCUT2D eigenvalue weighted by Crippen LogP contribution is 2.33. The van der Waals surface area contributed by atoms with Crippen molar-refractivity contribution >= 4 is 34.3 Å². The molecule has 0 saturated heterocycles. The van der Waals surface area contributed by atoms with E-state index in [0.29, 0.717) is 13.0 Å². The largest absolute Gasteiger partial charge is 0.352 e. The second-order valence-electron chi connectivity index (χ2n) is 12.9. The minimum Gasteiger partial charge on any atom is -0.352 e. The highest BCUT2D eigenvalue weighted by molar-refractivity contribution is 8.11. The fourth-order valence-electron chi connectivity index (χ4n) is 3.98. The first-order valence-corrected chi connectivity index (χ1v) is 16.7. The summed E-state index contributed by atoms with van der Waals surface area (Å²) in [6.07, 6.45) is 5.64. The van der Waals surface area contributed by atoms with Crippen LogP contribution in [0.5, 0.6) is 0 Å². The molecule has 0 heterocycles. The average Bonchev–Trinajstić information content (AvgIpc) is 2.93. The van der Waals surface area contributed by atoms with Crippen LogP contribution in [0.1, 0.15) is 133 Å². The molecule has 0 radical (unpaired) electrons. The molecule has 0 fully saturated rings. The van der Waals surface area contributed by atoms with Crippen molar-refractivity contribution in [3.63, 3.8) is 0 Å². The molecule has 1 aromatic carbocycles. The third kappa shape index (κ3) is 15.8. The second kappa shape index (κ2) is 20.5. The topological polar surface area (TPSA) is 75.3 Å². The number of nitrogens with one attached hydrogen (secondary N) is 2. The number of unbranched alkanes of at least 4 members (excludes halogenated alkanes) is 1. The minimum absolute atomic E-state index is 0.0515. The Morgan fingerprint density at radius 1 is 0.905 bits per heavy atom. The lowest BCUT2D eigenvalue weighted by molar-refractivity contribution is -0.131. The van der Waals surface area contributed by atoms with Gasteiger partial charge >= 0.3 is 0 Å². The van der Waals surface area contributed by atoms with Crippen LogP contribution in [0.4, 0.5) is 0 Å². The number of ketones is 1. The van der Waals surface area contributed by atoms with Gasteiger partial charge in [-0.15, -0.1) is 0 Å². The molecule has 6 heteroatoms. The van der Waals surface area contributed by atoms with E-state index in [1.165, 1.54) is 21.6 Å². The Bertz CT molecular complexity index is 1030. The summed E-state index contributed by atoms with van der Waals surface area (Å²) in [4.78, 5) is 37.0. The van der Waals surface area contributed by atoms with Crippen molar-refractivity contribution in [2.75, 3.05) is 0 Å². The van der Waals surface area contributed by atoms with Crippen LogP contribution in [-0.4, -0.2) is 23.6 Å². The summed E-state index contributed by atoms with van der Waals surface area (Å²) in [5, 5.41) is 8.16. The Hall–Kier alpha value is -2.34. The minimum atomic E-state index is -0.373. The van der Waals surface area contributed by atoms with Crippen LogP contribution in [0.25, 0.3) is 4.91 Å². The van der Waals surface area contributed by atoms with Gasteiger partial charge in [0.05, 0.1) is 6.04 Å². The first-order valence-electron chi connectivity index (χ1n) is 15.8. The summed E-state index contributed by atoms with van der Waals surface area (Å²) in [6, 6.07) is 8.18. The highest BCUT2D eigenvalue weighted by atomic mass is 32.2. The molecule has 2 N–H and O–H groups in total. The number of hydrogen-bond donors (Lipinski definition) is 2. The lowest BCUT2D eigenvalue weighted by atomic mass is 9.82. The van der Waals surface area contributed by atoms with Crippen molar-refractivity contribution in [3.8, 4) is 0 Å². The molecule has 0 aromatic heterocycles. The van der Waals surface area contributed by atoms with Gasteiger partial charge in [0.2, 0.25) is 11.8 Å². The first-order chi connectivity index (χ1) is 19.6. The van der Waals surface area contributed by atoms with Gasteiger partial charge in [-0.3, -0.25) is 14.4 Å². The van der Waals surface area contributed by atoms with Gasteiger partial charge < -0.3 is 10.6 Å². The number of rotatable bonds is 15. The van der Waals surface area contributed by atoms with Crippen LogP contribution in [0, 0.1) is 17.3 Å². The Balaban J connectivity index is 0.000000903. The fraction of sp³-hybridized carbons (Fsp3) is 0.639. The maximum Gasteiger partial charge on any atom is 0.223 e. The molecule has 0 aliphatic heterocycles. The van der Waals surface area contributed by atoms with Crippen molar-refractivity contribution < 1.29 is 14.4 Å². The highest BCUT2D eigenvalue weighted by Gasteiger charge is 2.32. The van der Waals surface area contributed by atoms with Crippen LogP contribution < -0.4 is 10.6 Å². The van der Waals surface area contributed by atoms with E-state index in [1.807, 2.05) is 48.5 Å². The standard InChI is InChI=1S/C23H35NOS.C13H25NO2/c1-7-9-10-19(6)23(25)24-15-20-11-13-21(14-12-20)22(17(3)4)26-16-18(5)8-2;1-7-8-10(15)11(13(4,5)6)14-12(16)9(2)3/h11-14,16,19H,7-10,15H2,1-6H3,(H,24,25);9,11H,7-8H2,1-6H3,(H,14,16). The van der Waals surface area contributed by atoms with Crippen LogP contribution in [0.3, 0.4) is 0 Å². The third-order valence-electron chi connectivity index (χ3n) is 7.01. The van der Waals surface area contributed by atoms with E-state index in [9.17, 15) is 14.4 Å². The number of allylic oxidation sites excluding steroid dienone is 2. The molecule has 0 spiro atoms. The number of carbonyl (C=O) groups is 3. The van der Waals surface area contributed by atoms with E-state index in [2.05, 4.69) is 74.9 Å². The van der Waals surface area contributed by atoms with Crippen LogP contribution in [-0.2, 0) is 20.9 Å². The Labute approximate surface area is 262 Å². The zero-order valence-electron chi connectivity index (χ0n) is 28.7. The van der Waals surface area contributed by atoms with Gasteiger partial charge in [0.15, 0.2) is 5.78 Å². The van der Waals surface area contributed by atoms with Gasteiger partial charge in [-0.1, -0.05) is 122 Å². The molecule has 238 valence electrons. The molecule has 0 aliphatic rings. The maximum atomic E-state index is 12.1. The van der Waals surface area contributed by atoms with Crippen molar-refractivity contribution in [3.05, 3.63) is 51.9 Å². The molecule has 0 aliphatic carbocycles. The molecular weight excluding hydrogens is 540 g/mol. The Morgan fingerprint density at radius 3 is 1.95 bits per heavy atom. The molecule has 2 amide bonds. The number of hydrogen-bond acceptors (Lipinski definition) is 4. The number of carbonyl (C=O) groups excluding carboxylic acids is 3. The molecule has 42 heavy (non-hydrogen) atoms. The van der Waals surface area contributed by atoms with Crippen molar-refractivity contribution in [1.82, 2.24) is 10.6 Å². The van der Waals surface area contributed by atoms with Crippen LogP contribution in [0.15, 0.2) is 40.8 Å². The summed E-state index contributed by atoms with van der Waals surface area (Å²) in [7, 11) is 0. The van der Waals surface area contributed by atoms with Crippen LogP contribution in [0.2, 0.25) is 0 Å². The monoisotopic (exact) mass is 600 g/mol.